The topological polar surface area (TPSA) is 90.3 Å². The van der Waals surface area contributed by atoms with Crippen molar-refractivity contribution in [2.45, 2.75) is 26.1 Å². The molecule has 0 aliphatic carbocycles. The van der Waals surface area contributed by atoms with Crippen molar-refractivity contribution in [2.24, 2.45) is 0 Å². The zero-order chi connectivity index (χ0) is 26.6. The molecule has 8 nitrogen and oxygen atoms in total. The number of anilines is 1. The summed E-state index contributed by atoms with van der Waals surface area (Å²) in [5.74, 6) is 1.33. The van der Waals surface area contributed by atoms with Crippen molar-refractivity contribution < 1.29 is 14.3 Å². The van der Waals surface area contributed by atoms with Gasteiger partial charge in [-0.25, -0.2) is 4.68 Å². The summed E-state index contributed by atoms with van der Waals surface area (Å²) < 4.78 is 13.4. The predicted octanol–water partition coefficient (Wildman–Crippen LogP) is 5.78. The van der Waals surface area contributed by atoms with E-state index >= 15 is 0 Å². The second-order valence-corrected chi connectivity index (χ2v) is 9.48. The fraction of sp³-hybridized carbons (Fsp3) is 0.179. The molecule has 1 atom stereocenters. The minimum atomic E-state index is -0.537. The third-order valence-corrected chi connectivity index (χ3v) is 6.98. The Hall–Kier alpha value is -4.01. The molecule has 0 spiro atoms. The van der Waals surface area contributed by atoms with Crippen molar-refractivity contribution >= 4 is 35.1 Å². The van der Waals surface area contributed by atoms with E-state index in [1.807, 2.05) is 49.4 Å². The van der Waals surface area contributed by atoms with E-state index in [1.165, 1.54) is 6.33 Å². The van der Waals surface area contributed by atoms with Gasteiger partial charge in [0.15, 0.2) is 11.5 Å². The number of aromatic nitrogens is 3. The van der Waals surface area contributed by atoms with E-state index in [2.05, 4.69) is 20.7 Å². The average molecular weight is 550 g/mol. The van der Waals surface area contributed by atoms with E-state index in [0.29, 0.717) is 50.9 Å². The third kappa shape index (κ3) is 5.18. The average Bonchev–Trinajstić information content (AvgIpc) is 3.39. The van der Waals surface area contributed by atoms with Gasteiger partial charge in [0, 0.05) is 27.9 Å². The number of fused-ring (bicyclic) bond motifs is 1. The zero-order valence-corrected chi connectivity index (χ0v) is 22.3. The van der Waals surface area contributed by atoms with Crippen molar-refractivity contribution in [1.29, 1.82) is 0 Å². The summed E-state index contributed by atoms with van der Waals surface area (Å²) in [5, 5.41) is 11.7. The van der Waals surface area contributed by atoms with Crippen LogP contribution in [0.2, 0.25) is 10.0 Å². The van der Waals surface area contributed by atoms with Crippen molar-refractivity contribution in [1.82, 2.24) is 20.1 Å². The van der Waals surface area contributed by atoms with Crippen molar-refractivity contribution in [3.05, 3.63) is 111 Å². The number of ether oxygens (including phenoxy) is 2. The molecule has 4 aromatic rings. The molecule has 1 aliphatic rings. The van der Waals surface area contributed by atoms with Crippen LogP contribution in [0.1, 0.15) is 29.7 Å². The quantitative estimate of drug-likeness (QED) is 0.289. The van der Waals surface area contributed by atoms with E-state index in [9.17, 15) is 4.79 Å². The van der Waals surface area contributed by atoms with Gasteiger partial charge in [-0.1, -0.05) is 65.7 Å². The molecule has 2 N–H and O–H groups in total. The minimum absolute atomic E-state index is 0.168. The number of amides is 1. The lowest BCUT2D eigenvalue weighted by molar-refractivity contribution is -0.118. The number of nitrogens with one attached hydrogen (secondary N) is 2. The number of nitrogens with zero attached hydrogens (tertiary/aromatic N) is 3. The summed E-state index contributed by atoms with van der Waals surface area (Å²) in [6.45, 7) is 2.42. The van der Waals surface area contributed by atoms with Crippen LogP contribution in [-0.2, 0) is 17.9 Å². The number of carbonyl (C=O) groups is 1. The molecule has 0 saturated heterocycles. The number of benzene rings is 3. The molecule has 3 aromatic carbocycles. The number of hydrogen-bond donors (Lipinski definition) is 2. The Morgan fingerprint density at radius 2 is 1.82 bits per heavy atom. The van der Waals surface area contributed by atoms with E-state index in [1.54, 1.807) is 36.1 Å². The summed E-state index contributed by atoms with van der Waals surface area (Å²) in [7, 11) is 1.56. The standard InChI is InChI=1S/C28H25Cl2N5O3/c1-17-25(27(36)31-14-18-7-4-3-5-8-18)26(35-28(34-17)32-16-33-35)19-11-12-23(24(13-19)37-2)38-15-20-21(29)9-6-10-22(20)30/h3-13,16,26H,14-15H2,1-2H3,(H,31,36)(H,32,33,34)/t26-/m0/s1. The first-order chi connectivity index (χ1) is 18.5. The Bertz CT molecular complexity index is 1480. The monoisotopic (exact) mass is 549 g/mol. The molecule has 1 aliphatic heterocycles. The fourth-order valence-electron chi connectivity index (χ4n) is 4.36. The lowest BCUT2D eigenvalue weighted by Crippen LogP contribution is -2.34. The maximum atomic E-state index is 13.5. The molecule has 0 unspecified atom stereocenters. The SMILES string of the molecule is COc1cc([C@H]2C(C(=O)NCc3ccccc3)=C(C)Nc3ncnn32)ccc1OCc1c(Cl)cccc1Cl. The van der Waals surface area contributed by atoms with Gasteiger partial charge >= 0.3 is 0 Å². The van der Waals surface area contributed by atoms with Crippen molar-refractivity contribution in [3.63, 3.8) is 0 Å². The smallest absolute Gasteiger partial charge is 0.251 e. The summed E-state index contributed by atoms with van der Waals surface area (Å²) >= 11 is 12.6. The van der Waals surface area contributed by atoms with Crippen LogP contribution in [0.5, 0.6) is 11.5 Å². The highest BCUT2D eigenvalue weighted by Gasteiger charge is 2.34. The van der Waals surface area contributed by atoms with E-state index in [-0.39, 0.29) is 12.5 Å². The Morgan fingerprint density at radius 3 is 2.55 bits per heavy atom. The highest BCUT2D eigenvalue weighted by atomic mass is 35.5. The van der Waals surface area contributed by atoms with E-state index in [0.717, 1.165) is 11.1 Å². The Kier molecular flexibility index (Phi) is 7.53. The Balaban J connectivity index is 1.44. The number of rotatable bonds is 8. The predicted molar refractivity (Wildman–Crippen MR) is 147 cm³/mol. The highest BCUT2D eigenvalue weighted by Crippen LogP contribution is 2.39. The molecule has 0 fully saturated rings. The molecule has 1 amide bonds. The van der Waals surface area contributed by atoms with Crippen LogP contribution in [0.4, 0.5) is 5.95 Å². The van der Waals surface area contributed by atoms with Gasteiger partial charge in [-0.2, -0.15) is 10.1 Å². The van der Waals surface area contributed by atoms with E-state index in [4.69, 9.17) is 32.7 Å². The van der Waals surface area contributed by atoms with E-state index < -0.39 is 6.04 Å². The summed E-state index contributed by atoms with van der Waals surface area (Å²) in [5.41, 5.74) is 3.68. The molecule has 38 heavy (non-hydrogen) atoms. The molecular formula is C28H25Cl2N5O3. The molecule has 1 aromatic heterocycles. The lowest BCUT2D eigenvalue weighted by Gasteiger charge is -2.29. The summed E-state index contributed by atoms with van der Waals surface area (Å²) in [6, 6.07) is 20.0. The number of halogens is 2. The Labute approximate surface area is 230 Å². The largest absolute Gasteiger partial charge is 0.493 e. The Morgan fingerprint density at radius 1 is 1.05 bits per heavy atom. The van der Waals surface area contributed by atoms with Gasteiger partial charge in [0.05, 0.1) is 12.7 Å². The fourth-order valence-corrected chi connectivity index (χ4v) is 4.87. The molecule has 2 heterocycles. The first-order valence-corrected chi connectivity index (χ1v) is 12.6. The van der Waals surface area contributed by atoms with Crippen LogP contribution in [-0.4, -0.2) is 27.8 Å². The van der Waals surface area contributed by atoms with Crippen LogP contribution < -0.4 is 20.1 Å². The van der Waals surface area contributed by atoms with Crippen LogP contribution in [0.25, 0.3) is 0 Å². The van der Waals surface area contributed by atoms with Gasteiger partial charge in [-0.3, -0.25) is 4.79 Å². The third-order valence-electron chi connectivity index (χ3n) is 6.27. The van der Waals surface area contributed by atoms with Gasteiger partial charge in [0.25, 0.3) is 5.91 Å². The number of methoxy groups -OCH3 is 1. The van der Waals surface area contributed by atoms with Crippen molar-refractivity contribution in [3.8, 4) is 11.5 Å². The molecule has 0 bridgehead atoms. The van der Waals surface area contributed by atoms with Gasteiger partial charge in [-0.05, 0) is 42.3 Å². The highest BCUT2D eigenvalue weighted by molar-refractivity contribution is 6.35. The first kappa shape index (κ1) is 25.6. The molecule has 0 saturated carbocycles. The number of carbonyl (C=O) groups excluding carboxylic acids is 1. The summed E-state index contributed by atoms with van der Waals surface area (Å²) in [4.78, 5) is 17.8. The normalized spacial score (nSPS) is 14.5. The van der Waals surface area contributed by atoms with Crippen LogP contribution in [0.3, 0.4) is 0 Å². The molecule has 10 heteroatoms. The van der Waals surface area contributed by atoms with Gasteiger partial charge < -0.3 is 20.1 Å². The van der Waals surface area contributed by atoms with Crippen LogP contribution in [0.15, 0.2) is 84.3 Å². The maximum absolute atomic E-state index is 13.5. The van der Waals surface area contributed by atoms with Crippen LogP contribution >= 0.6 is 23.2 Å². The molecule has 0 radical (unpaired) electrons. The summed E-state index contributed by atoms with van der Waals surface area (Å²) in [6.07, 6.45) is 1.45. The van der Waals surface area contributed by atoms with Gasteiger partial charge in [0.1, 0.15) is 19.0 Å². The van der Waals surface area contributed by atoms with Gasteiger partial charge in [-0.15, -0.1) is 0 Å². The second-order valence-electron chi connectivity index (χ2n) is 8.66. The molecule has 5 rings (SSSR count). The number of allylic oxidation sites excluding steroid dienone is 1. The molecular weight excluding hydrogens is 525 g/mol. The van der Waals surface area contributed by atoms with Gasteiger partial charge in [0.2, 0.25) is 5.95 Å². The maximum Gasteiger partial charge on any atom is 0.251 e. The molecule has 194 valence electrons. The first-order valence-electron chi connectivity index (χ1n) is 11.9. The van der Waals surface area contributed by atoms with Crippen molar-refractivity contribution in [2.75, 3.05) is 12.4 Å². The zero-order valence-electron chi connectivity index (χ0n) is 20.7. The van der Waals surface area contributed by atoms with Crippen LogP contribution in [0, 0.1) is 0 Å². The minimum Gasteiger partial charge on any atom is -0.493 e. The number of hydrogen-bond acceptors (Lipinski definition) is 6. The second kappa shape index (κ2) is 11.2. The lowest BCUT2D eigenvalue weighted by atomic mass is 9.94.